The maximum Gasteiger partial charge on any atom is 0.129 e. The molecule has 5 heteroatoms. The van der Waals surface area contributed by atoms with Crippen molar-refractivity contribution in [1.82, 2.24) is 5.32 Å². The van der Waals surface area contributed by atoms with Crippen molar-refractivity contribution >= 4 is 44.8 Å². The van der Waals surface area contributed by atoms with Gasteiger partial charge in [-0.15, -0.1) is 11.3 Å². The first-order valence-corrected chi connectivity index (χ1v) is 7.85. The van der Waals surface area contributed by atoms with Crippen LogP contribution in [-0.2, 0) is 0 Å². The van der Waals surface area contributed by atoms with Gasteiger partial charge in [-0.25, -0.2) is 0 Å². The molecule has 1 fully saturated rings. The van der Waals surface area contributed by atoms with Crippen LogP contribution in [0, 0.1) is 12.3 Å². The largest absolute Gasteiger partial charge is 0.367 e. The fourth-order valence-corrected chi connectivity index (χ4v) is 3.97. The van der Waals surface area contributed by atoms with E-state index in [2.05, 4.69) is 33.0 Å². The molecule has 2 rings (SSSR count). The summed E-state index contributed by atoms with van der Waals surface area (Å²) in [5, 5.41) is 12.4. The van der Waals surface area contributed by atoms with E-state index in [-0.39, 0.29) is 0 Å². The highest BCUT2D eigenvalue weighted by Gasteiger charge is 2.20. The Morgan fingerprint density at radius 1 is 1.44 bits per heavy atom. The van der Waals surface area contributed by atoms with Crippen molar-refractivity contribution in [2.24, 2.45) is 4.99 Å². The zero-order chi connectivity index (χ0) is 13.1. The molecule has 1 saturated carbocycles. The molecular weight excluding hydrogens is 310 g/mol. The van der Waals surface area contributed by atoms with Gasteiger partial charge in [-0.05, 0) is 42.4 Å². The predicted octanol–water partition coefficient (Wildman–Crippen LogP) is 4.40. The van der Waals surface area contributed by atoms with Gasteiger partial charge in [0.2, 0.25) is 0 Å². The Kier molecular flexibility index (Phi) is 4.56. The Bertz CT molecular complexity index is 461. The van der Waals surface area contributed by atoms with Gasteiger partial charge in [0.05, 0.1) is 5.56 Å². The number of halogens is 1. The summed E-state index contributed by atoms with van der Waals surface area (Å²) in [5.41, 5.74) is 0.859. The quantitative estimate of drug-likeness (QED) is 0.627. The van der Waals surface area contributed by atoms with Crippen LogP contribution in [-0.4, -0.2) is 18.6 Å². The van der Waals surface area contributed by atoms with Crippen LogP contribution in [0.25, 0.3) is 0 Å². The van der Waals surface area contributed by atoms with Gasteiger partial charge in [-0.1, -0.05) is 19.3 Å². The monoisotopic (exact) mass is 327 g/mol. The molecule has 3 nitrogen and oxygen atoms in total. The summed E-state index contributed by atoms with van der Waals surface area (Å²) < 4.78 is 0.975. The number of aryl methyl sites for hydroxylation is 1. The van der Waals surface area contributed by atoms with Crippen molar-refractivity contribution in [3.63, 3.8) is 0 Å². The lowest BCUT2D eigenvalue weighted by molar-refractivity contribution is 0.413. The predicted molar refractivity (Wildman–Crippen MR) is 82.8 cm³/mol. The number of aliphatic imine (C=N–C) groups is 1. The van der Waals surface area contributed by atoms with Gasteiger partial charge in [0, 0.05) is 15.4 Å². The second-order valence-electron chi connectivity index (χ2n) is 4.66. The van der Waals surface area contributed by atoms with Crippen LogP contribution >= 0.6 is 27.3 Å². The third-order valence-electron chi connectivity index (χ3n) is 3.34. The number of amidine groups is 1. The molecule has 0 aromatic carbocycles. The Balaban J connectivity index is 2.15. The molecule has 0 unspecified atom stereocenters. The molecule has 98 valence electrons. The van der Waals surface area contributed by atoms with Crippen LogP contribution in [0.2, 0.25) is 0 Å². The van der Waals surface area contributed by atoms with Gasteiger partial charge >= 0.3 is 0 Å². The van der Waals surface area contributed by atoms with Crippen molar-refractivity contribution in [2.75, 3.05) is 0 Å². The number of hydrogen-bond acceptors (Lipinski definition) is 3. The van der Waals surface area contributed by atoms with Gasteiger partial charge in [-0.2, -0.15) is 0 Å². The molecule has 0 amide bonds. The highest BCUT2D eigenvalue weighted by molar-refractivity contribution is 9.10. The lowest BCUT2D eigenvalue weighted by atomic mass is 9.95. The van der Waals surface area contributed by atoms with Crippen LogP contribution in [0.5, 0.6) is 0 Å². The minimum Gasteiger partial charge on any atom is -0.367 e. The summed E-state index contributed by atoms with van der Waals surface area (Å²) in [6.45, 7) is 5.62. The highest BCUT2D eigenvalue weighted by Crippen LogP contribution is 2.38. The lowest BCUT2D eigenvalue weighted by Crippen LogP contribution is -2.36. The fourth-order valence-electron chi connectivity index (χ4n) is 2.36. The summed E-state index contributed by atoms with van der Waals surface area (Å²) in [6, 6.07) is 0.441. The second kappa shape index (κ2) is 5.97. The highest BCUT2D eigenvalue weighted by atomic mass is 79.9. The third-order valence-corrected chi connectivity index (χ3v) is 5.63. The molecule has 1 aromatic rings. The zero-order valence-corrected chi connectivity index (χ0v) is 13.0. The number of hydrogen-bond donors (Lipinski definition) is 2. The van der Waals surface area contributed by atoms with E-state index >= 15 is 0 Å². The molecular formula is C13H18BrN3S. The van der Waals surface area contributed by atoms with E-state index in [0.717, 1.165) is 19.9 Å². The van der Waals surface area contributed by atoms with E-state index in [4.69, 9.17) is 5.41 Å². The first-order valence-electron chi connectivity index (χ1n) is 6.24. The number of thiophene rings is 1. The lowest BCUT2D eigenvalue weighted by Gasteiger charge is -2.24. The summed E-state index contributed by atoms with van der Waals surface area (Å²) in [6.07, 6.45) is 6.19. The topological polar surface area (TPSA) is 48.2 Å². The van der Waals surface area contributed by atoms with Crippen LogP contribution < -0.4 is 5.32 Å². The van der Waals surface area contributed by atoms with Crippen molar-refractivity contribution in [3.8, 4) is 0 Å². The van der Waals surface area contributed by atoms with Gasteiger partial charge in [-0.3, -0.25) is 10.4 Å². The number of nitrogens with one attached hydrogen (secondary N) is 2. The first-order chi connectivity index (χ1) is 8.63. The molecule has 2 N–H and O–H groups in total. The maximum atomic E-state index is 8.24. The summed E-state index contributed by atoms with van der Waals surface area (Å²) >= 11 is 5.12. The minimum absolute atomic E-state index is 0.441. The first kappa shape index (κ1) is 13.7. The normalized spacial score (nSPS) is 16.6. The van der Waals surface area contributed by atoms with E-state index in [9.17, 15) is 0 Å². The summed E-state index contributed by atoms with van der Waals surface area (Å²) in [5.74, 6) is 0.473. The van der Waals surface area contributed by atoms with Crippen molar-refractivity contribution in [3.05, 3.63) is 14.9 Å². The van der Waals surface area contributed by atoms with E-state index in [1.54, 1.807) is 11.3 Å². The molecule has 0 saturated heterocycles. The van der Waals surface area contributed by atoms with Crippen molar-refractivity contribution in [1.29, 1.82) is 5.41 Å². The number of nitrogens with zero attached hydrogens (tertiary/aromatic N) is 1. The summed E-state index contributed by atoms with van der Waals surface area (Å²) in [7, 11) is 0. The Morgan fingerprint density at radius 3 is 2.72 bits per heavy atom. The Hall–Kier alpha value is -0.680. The summed E-state index contributed by atoms with van der Waals surface area (Å²) in [4.78, 5) is 5.17. The van der Waals surface area contributed by atoms with E-state index in [0.29, 0.717) is 11.9 Å². The second-order valence-corrected chi connectivity index (χ2v) is 6.66. The maximum absolute atomic E-state index is 8.24. The molecule has 0 atom stereocenters. The van der Waals surface area contributed by atoms with Crippen LogP contribution in [0.15, 0.2) is 9.47 Å². The third kappa shape index (κ3) is 2.83. The standard InChI is InChI=1S/C13H18BrN3S/c1-8-11(14)10(13(16-2)18-8)12(15)17-9-6-4-3-5-7-9/h9H,2-7H2,1H3,(H2,15,17). The molecule has 1 heterocycles. The smallest absolute Gasteiger partial charge is 0.129 e. The minimum atomic E-state index is 0.441. The van der Waals surface area contributed by atoms with Gasteiger partial charge in [0.1, 0.15) is 10.8 Å². The molecule has 0 radical (unpaired) electrons. The molecule has 1 aromatic heterocycles. The molecule has 0 aliphatic heterocycles. The van der Waals surface area contributed by atoms with E-state index in [1.807, 2.05) is 6.92 Å². The van der Waals surface area contributed by atoms with Crippen molar-refractivity contribution < 1.29 is 0 Å². The van der Waals surface area contributed by atoms with Crippen molar-refractivity contribution in [2.45, 2.75) is 45.1 Å². The molecule has 0 spiro atoms. The zero-order valence-electron chi connectivity index (χ0n) is 10.6. The molecule has 1 aliphatic rings. The molecule has 0 bridgehead atoms. The molecule has 1 aliphatic carbocycles. The van der Waals surface area contributed by atoms with Gasteiger partial charge in [0.25, 0.3) is 0 Å². The Labute approximate surface area is 120 Å². The van der Waals surface area contributed by atoms with Crippen LogP contribution in [0.3, 0.4) is 0 Å². The van der Waals surface area contributed by atoms with Crippen LogP contribution in [0.1, 0.15) is 42.5 Å². The van der Waals surface area contributed by atoms with Gasteiger partial charge in [0.15, 0.2) is 0 Å². The van der Waals surface area contributed by atoms with Gasteiger partial charge < -0.3 is 5.32 Å². The Morgan fingerprint density at radius 2 is 2.11 bits per heavy atom. The van der Waals surface area contributed by atoms with Crippen LogP contribution in [0.4, 0.5) is 5.00 Å². The molecule has 18 heavy (non-hydrogen) atoms. The SMILES string of the molecule is C=Nc1sc(C)c(Br)c1C(=N)NC1CCCCC1. The average Bonchev–Trinajstić information content (AvgIpc) is 2.66. The average molecular weight is 328 g/mol. The van der Waals surface area contributed by atoms with E-state index in [1.165, 1.54) is 32.1 Å². The van der Waals surface area contributed by atoms with E-state index < -0.39 is 0 Å². The number of rotatable bonds is 3. The fraction of sp³-hybridized carbons (Fsp3) is 0.538.